The van der Waals surface area contributed by atoms with Crippen LogP contribution in [0.25, 0.3) is 22.3 Å². The van der Waals surface area contributed by atoms with Crippen LogP contribution >= 0.6 is 0 Å². The van der Waals surface area contributed by atoms with Gasteiger partial charge in [-0.05, 0) is 79.8 Å². The molecule has 0 bridgehead atoms. The van der Waals surface area contributed by atoms with Gasteiger partial charge in [0.2, 0.25) is 5.91 Å². The van der Waals surface area contributed by atoms with E-state index in [-0.39, 0.29) is 48.0 Å². The number of hydrogen-bond donors (Lipinski definition) is 4. The van der Waals surface area contributed by atoms with Gasteiger partial charge in [-0.2, -0.15) is 0 Å². The van der Waals surface area contributed by atoms with Crippen LogP contribution in [-0.2, 0) is 22.6 Å². The van der Waals surface area contributed by atoms with Crippen LogP contribution in [0.5, 0.6) is 0 Å². The summed E-state index contributed by atoms with van der Waals surface area (Å²) < 4.78 is 38.6. The van der Waals surface area contributed by atoms with Gasteiger partial charge in [-0.25, -0.2) is 23.7 Å². The molecular weight excluding hydrogens is 959 g/mol. The summed E-state index contributed by atoms with van der Waals surface area (Å²) in [6.45, 7) is 11.5. The molecule has 17 heteroatoms. The van der Waals surface area contributed by atoms with E-state index in [1.165, 1.54) is 23.0 Å². The van der Waals surface area contributed by atoms with Gasteiger partial charge in [-0.15, -0.1) is 10.6 Å². The molecule has 0 unspecified atom stereocenters. The molecule has 0 radical (unpaired) electrons. The number of amides is 5. The summed E-state index contributed by atoms with van der Waals surface area (Å²) in [5.74, 6) is -4.28. The minimum Gasteiger partial charge on any atom is -0.447 e. The van der Waals surface area contributed by atoms with E-state index in [1.54, 1.807) is 0 Å². The number of alkyl halides is 2. The number of ether oxygens (including phenoxy) is 1. The van der Waals surface area contributed by atoms with Gasteiger partial charge >= 0.3 is 6.09 Å². The Morgan fingerprint density at radius 3 is 1.99 bits per heavy atom. The van der Waals surface area contributed by atoms with E-state index in [0.717, 1.165) is 49.9 Å². The highest BCUT2D eigenvalue weighted by molar-refractivity contribution is 6.90. The lowest BCUT2D eigenvalue weighted by molar-refractivity contribution is -0.120. The van der Waals surface area contributed by atoms with Crippen LogP contribution in [-0.4, -0.2) is 83.3 Å². The van der Waals surface area contributed by atoms with Crippen LogP contribution in [0.3, 0.4) is 0 Å². The Bertz CT molecular complexity index is 3010. The number of carbonyl (C=O) groups is 5. The molecule has 1 heterocycles. The number of rotatable bonds is 19. The smallest absolute Gasteiger partial charge is 0.426 e. The maximum Gasteiger partial charge on any atom is 0.426 e. The predicted molar refractivity (Wildman–Crippen MR) is 282 cm³/mol. The molecule has 74 heavy (non-hydrogen) atoms. The third-order valence-corrected chi connectivity index (χ3v) is 19.9. The fourth-order valence-corrected chi connectivity index (χ4v) is 15.3. The van der Waals surface area contributed by atoms with E-state index in [1.807, 2.05) is 103 Å². The van der Waals surface area contributed by atoms with E-state index >= 15 is 8.78 Å². The van der Waals surface area contributed by atoms with Crippen LogP contribution in [0.1, 0.15) is 114 Å². The number of nitrogens with two attached hydrogens (primary N) is 1. The lowest BCUT2D eigenvalue weighted by atomic mass is 9.98. The summed E-state index contributed by atoms with van der Waals surface area (Å²) in [5, 5.41) is 11.2. The highest BCUT2D eigenvalue weighted by Crippen LogP contribution is 2.45. The van der Waals surface area contributed by atoms with E-state index in [4.69, 9.17) is 10.5 Å². The van der Waals surface area contributed by atoms with Gasteiger partial charge in [0.25, 0.3) is 23.6 Å². The Balaban J connectivity index is 1.14. The molecule has 5 amide bonds. The van der Waals surface area contributed by atoms with Crippen LogP contribution in [0.2, 0.25) is 16.6 Å². The Morgan fingerprint density at radius 1 is 0.757 bits per heavy atom. The zero-order valence-corrected chi connectivity index (χ0v) is 43.5. The molecule has 1 aromatic heterocycles. The van der Waals surface area contributed by atoms with Gasteiger partial charge in [-0.1, -0.05) is 150 Å². The molecule has 1 aliphatic rings. The molecule has 0 aliphatic heterocycles. The molecule has 5 N–H and O–H groups in total. The molecule has 7 rings (SSSR count). The molecule has 14 nitrogen and oxygen atoms in total. The topological polar surface area (TPSA) is 191 Å². The van der Waals surface area contributed by atoms with Crippen molar-refractivity contribution in [3.8, 4) is 33.7 Å². The highest BCUT2D eigenvalue weighted by Gasteiger charge is 2.42. The number of fused-ring (bicyclic) bond motifs is 3. The maximum atomic E-state index is 15.8. The molecule has 384 valence electrons. The average Bonchev–Trinajstić information content (AvgIpc) is 3.96. The molecule has 0 atom stereocenters. The van der Waals surface area contributed by atoms with Gasteiger partial charge in [0, 0.05) is 35.4 Å². The standard InChI is InChI=1S/C57H62F2N8O6Si/c1-37(2)74(38(3)4,39(5)6)27-15-26-61-53(69)43-29-44(54(70)63-64-56(72)73-35-51-49-22-12-10-20-47(49)48-21-11-13-23-50(48)51)31-45(30-43)55(71)66(36-57(58,59)25-24-52(60)68)33-46-34-67(65-62-46)32-40-16-14-19-42(28-40)41-17-8-7-9-18-41/h7-14,16-23,28-31,34,37-39,51H,24-26,32-33,35-36H2,1-6H3,(H2,60,68)(H,61,69)(H,63,70)(H,64,72). The number of carbonyl (C=O) groups excluding carboxylic acids is 5. The Labute approximate surface area is 431 Å². The first-order chi connectivity index (χ1) is 35.3. The second-order valence-corrected chi connectivity index (χ2v) is 25.1. The van der Waals surface area contributed by atoms with Crippen molar-refractivity contribution in [2.45, 2.75) is 95.9 Å². The van der Waals surface area contributed by atoms with Gasteiger partial charge in [0.05, 0.1) is 32.4 Å². The zero-order valence-electron chi connectivity index (χ0n) is 42.5. The second-order valence-electron chi connectivity index (χ2n) is 19.5. The quantitative estimate of drug-likeness (QED) is 0.0350. The van der Waals surface area contributed by atoms with Gasteiger partial charge in [-0.3, -0.25) is 24.6 Å². The first-order valence-electron chi connectivity index (χ1n) is 24.7. The number of primary amides is 1. The first kappa shape index (κ1) is 53.8. The van der Waals surface area contributed by atoms with Crippen molar-refractivity contribution < 1.29 is 37.5 Å². The fraction of sp³-hybridized carbons (Fsp3) is 0.316. The van der Waals surface area contributed by atoms with E-state index in [2.05, 4.69) is 79.5 Å². The number of hydrazine groups is 1. The molecule has 0 saturated heterocycles. The molecule has 0 spiro atoms. The van der Waals surface area contributed by atoms with Crippen LogP contribution in [0.15, 0.2) is 128 Å². The fourth-order valence-electron chi connectivity index (χ4n) is 10.1. The molecule has 0 fully saturated rings. The monoisotopic (exact) mass is 1020 g/mol. The number of hydrogen-bond acceptors (Lipinski definition) is 8. The number of nitrogens with one attached hydrogen (secondary N) is 3. The van der Waals surface area contributed by atoms with E-state index in [9.17, 15) is 24.0 Å². The van der Waals surface area contributed by atoms with E-state index in [0.29, 0.717) is 16.6 Å². The van der Waals surface area contributed by atoms with Gasteiger partial charge in [0.15, 0.2) is 0 Å². The normalized spacial score (nSPS) is 12.1. The predicted octanol–water partition coefficient (Wildman–Crippen LogP) is 9.67. The number of halogens is 2. The lowest BCUT2D eigenvalue weighted by Crippen LogP contribution is -2.43. The molecule has 0 saturated carbocycles. The van der Waals surface area contributed by atoms with Crippen molar-refractivity contribution >= 4 is 37.8 Å². The van der Waals surface area contributed by atoms with Gasteiger partial charge < -0.3 is 20.7 Å². The summed E-state index contributed by atoms with van der Waals surface area (Å²) in [7, 11) is -2.16. The maximum absolute atomic E-state index is 15.8. The third-order valence-electron chi connectivity index (χ3n) is 13.6. The Hall–Kier alpha value is -7.97. The Kier molecular flexibility index (Phi) is 17.2. The minimum absolute atomic E-state index is 0.0445. The van der Waals surface area contributed by atoms with Crippen molar-refractivity contribution in [3.63, 3.8) is 0 Å². The molecule has 6 aromatic rings. The minimum atomic E-state index is -3.61. The van der Waals surface area contributed by atoms with Gasteiger partial charge in [0.1, 0.15) is 20.4 Å². The van der Waals surface area contributed by atoms with Crippen LogP contribution in [0.4, 0.5) is 13.6 Å². The average molecular weight is 1020 g/mol. The summed E-state index contributed by atoms with van der Waals surface area (Å²) in [4.78, 5) is 68.1. The van der Waals surface area contributed by atoms with Crippen LogP contribution < -0.4 is 21.9 Å². The highest BCUT2D eigenvalue weighted by atomic mass is 28.3. The zero-order chi connectivity index (χ0) is 53.2. The van der Waals surface area contributed by atoms with Crippen molar-refractivity contribution in [3.05, 3.63) is 167 Å². The van der Waals surface area contributed by atoms with Crippen molar-refractivity contribution in [1.82, 2.24) is 36.1 Å². The van der Waals surface area contributed by atoms with Crippen molar-refractivity contribution in [1.29, 1.82) is 0 Å². The van der Waals surface area contributed by atoms with Crippen molar-refractivity contribution in [2.75, 3.05) is 19.7 Å². The summed E-state index contributed by atoms with van der Waals surface area (Å²) in [6, 6.07) is 36.8. The van der Waals surface area contributed by atoms with E-state index < -0.39 is 69.6 Å². The second kappa shape index (κ2) is 23.7. The molecule has 5 aromatic carbocycles. The largest absolute Gasteiger partial charge is 0.447 e. The summed E-state index contributed by atoms with van der Waals surface area (Å²) >= 11 is 0. The number of nitrogens with zero attached hydrogens (tertiary/aromatic N) is 4. The molecular formula is C57H62F2N8O6Si. The third kappa shape index (κ3) is 13.0. The molecule has 1 aliphatic carbocycles. The number of benzene rings is 5. The lowest BCUT2D eigenvalue weighted by Gasteiger charge is -2.38. The Morgan fingerprint density at radius 2 is 1.35 bits per heavy atom. The number of aromatic nitrogens is 3. The van der Waals surface area contributed by atoms with Crippen LogP contribution in [0, 0.1) is 11.5 Å². The summed E-state index contributed by atoms with van der Waals surface area (Å²) in [5.41, 5.74) is 20.7. The van der Waals surface area contributed by atoms with Crippen molar-refractivity contribution in [2.24, 2.45) is 5.73 Å². The summed E-state index contributed by atoms with van der Waals surface area (Å²) in [6.07, 6.45) is -1.05. The first-order valence-corrected chi connectivity index (χ1v) is 26.9. The SMILES string of the molecule is CC(C)[Si](C#CCNC(=O)c1cc(C(=O)NNC(=O)OCC2c3ccccc3-c3ccccc32)cc(C(=O)N(Cc2cn(Cc3cccc(-c4ccccc4)c3)nn2)CC(F)(F)CCC(N)=O)c1)(C(C)C)C(C)C.